The predicted octanol–water partition coefficient (Wildman–Crippen LogP) is 3.68. The van der Waals surface area contributed by atoms with E-state index >= 15 is 0 Å². The van der Waals surface area contributed by atoms with Gasteiger partial charge in [-0.2, -0.15) is 0 Å². The molecular weight excluding hydrogens is 329 g/mol. The lowest BCUT2D eigenvalue weighted by Gasteiger charge is -2.23. The predicted molar refractivity (Wildman–Crippen MR) is 97.3 cm³/mol. The highest BCUT2D eigenvalue weighted by Gasteiger charge is 2.23. The number of imidazole rings is 1. The molecule has 4 rings (SSSR count). The number of amides is 1. The van der Waals surface area contributed by atoms with Crippen molar-refractivity contribution in [2.45, 2.75) is 31.8 Å². The van der Waals surface area contributed by atoms with Crippen LogP contribution in [0.5, 0.6) is 0 Å². The number of fused-ring (bicyclic) bond motifs is 1. The molecule has 0 fully saturated rings. The SMILES string of the molecule is O=C(NCc1ccc(F)cc1)c1cn2c(n1)CC[C@@H](c1ccccc1)C2. The summed E-state index contributed by atoms with van der Waals surface area (Å²) < 4.78 is 15.0. The Bertz CT molecular complexity index is 903. The van der Waals surface area contributed by atoms with Crippen molar-refractivity contribution in [3.63, 3.8) is 0 Å². The summed E-state index contributed by atoms with van der Waals surface area (Å²) >= 11 is 0. The number of halogens is 1. The molecule has 1 aliphatic heterocycles. The third-order valence-electron chi connectivity index (χ3n) is 4.86. The molecule has 0 saturated carbocycles. The average Bonchev–Trinajstić information content (AvgIpc) is 3.11. The van der Waals surface area contributed by atoms with E-state index in [4.69, 9.17) is 0 Å². The highest BCUT2D eigenvalue weighted by atomic mass is 19.1. The molecule has 0 spiro atoms. The summed E-state index contributed by atoms with van der Waals surface area (Å²) in [5, 5.41) is 2.85. The molecule has 0 aliphatic carbocycles. The van der Waals surface area contributed by atoms with Crippen LogP contribution in [0.2, 0.25) is 0 Å². The molecule has 1 aliphatic rings. The van der Waals surface area contributed by atoms with Crippen LogP contribution in [0.3, 0.4) is 0 Å². The van der Waals surface area contributed by atoms with Crippen molar-refractivity contribution in [1.82, 2.24) is 14.9 Å². The Hall–Kier alpha value is -2.95. The van der Waals surface area contributed by atoms with Gasteiger partial charge in [-0.25, -0.2) is 9.37 Å². The van der Waals surface area contributed by atoms with Crippen LogP contribution in [-0.2, 0) is 19.5 Å². The van der Waals surface area contributed by atoms with Gasteiger partial charge in [0, 0.05) is 31.6 Å². The van der Waals surface area contributed by atoms with Crippen molar-refractivity contribution in [3.8, 4) is 0 Å². The van der Waals surface area contributed by atoms with E-state index in [0.29, 0.717) is 18.2 Å². The van der Waals surface area contributed by atoms with Gasteiger partial charge in [-0.15, -0.1) is 0 Å². The number of benzene rings is 2. The van der Waals surface area contributed by atoms with E-state index in [1.807, 2.05) is 12.3 Å². The second kappa shape index (κ2) is 7.12. The van der Waals surface area contributed by atoms with Crippen LogP contribution >= 0.6 is 0 Å². The van der Waals surface area contributed by atoms with Crippen molar-refractivity contribution in [3.05, 3.63) is 89.3 Å². The lowest BCUT2D eigenvalue weighted by Crippen LogP contribution is -2.23. The Morgan fingerprint density at radius 3 is 2.69 bits per heavy atom. The number of carbonyl (C=O) groups excluding carboxylic acids is 1. The average molecular weight is 349 g/mol. The number of rotatable bonds is 4. The van der Waals surface area contributed by atoms with Crippen LogP contribution in [0.4, 0.5) is 4.39 Å². The van der Waals surface area contributed by atoms with Crippen LogP contribution < -0.4 is 5.32 Å². The number of nitrogens with one attached hydrogen (secondary N) is 1. The van der Waals surface area contributed by atoms with Crippen molar-refractivity contribution in [2.75, 3.05) is 0 Å². The van der Waals surface area contributed by atoms with E-state index in [-0.39, 0.29) is 11.7 Å². The standard InChI is InChI=1S/C21H20FN3O/c22-18-9-6-15(7-10-18)12-23-21(26)19-14-25-13-17(8-11-20(25)24-19)16-4-2-1-3-5-16/h1-7,9-10,14,17H,8,11-13H2,(H,23,26)/t17-/m1/s1. The highest BCUT2D eigenvalue weighted by molar-refractivity contribution is 5.92. The molecule has 4 nitrogen and oxygen atoms in total. The minimum absolute atomic E-state index is 0.201. The van der Waals surface area contributed by atoms with Crippen molar-refractivity contribution >= 4 is 5.91 Å². The van der Waals surface area contributed by atoms with Crippen LogP contribution in [0.15, 0.2) is 60.8 Å². The molecule has 132 valence electrons. The van der Waals surface area contributed by atoms with E-state index < -0.39 is 0 Å². The maximum Gasteiger partial charge on any atom is 0.271 e. The molecule has 3 aromatic rings. The zero-order valence-electron chi connectivity index (χ0n) is 14.4. The zero-order chi connectivity index (χ0) is 17.9. The number of hydrogen-bond donors (Lipinski definition) is 1. The molecule has 1 atom stereocenters. The van der Waals surface area contributed by atoms with Gasteiger partial charge in [0.15, 0.2) is 0 Å². The van der Waals surface area contributed by atoms with Crippen LogP contribution in [0, 0.1) is 5.82 Å². The van der Waals surface area contributed by atoms with E-state index in [9.17, 15) is 9.18 Å². The second-order valence-electron chi connectivity index (χ2n) is 6.65. The fourth-order valence-corrected chi connectivity index (χ4v) is 3.43. The van der Waals surface area contributed by atoms with Gasteiger partial charge in [0.25, 0.3) is 5.91 Å². The highest BCUT2D eigenvalue weighted by Crippen LogP contribution is 2.28. The number of aryl methyl sites for hydroxylation is 1. The Labute approximate surface area is 151 Å². The summed E-state index contributed by atoms with van der Waals surface area (Å²) in [7, 11) is 0. The molecule has 1 N–H and O–H groups in total. The van der Waals surface area contributed by atoms with E-state index in [1.54, 1.807) is 12.1 Å². The molecule has 0 unspecified atom stereocenters. The largest absolute Gasteiger partial charge is 0.347 e. The Morgan fingerprint density at radius 1 is 1.15 bits per heavy atom. The number of carbonyl (C=O) groups is 1. The molecule has 0 bridgehead atoms. The molecule has 0 saturated heterocycles. The summed E-state index contributed by atoms with van der Waals surface area (Å²) in [5.74, 6) is 0.930. The van der Waals surface area contributed by atoms with Gasteiger partial charge in [0.05, 0.1) is 0 Å². The van der Waals surface area contributed by atoms with Crippen molar-refractivity contribution in [2.24, 2.45) is 0 Å². The molecular formula is C21H20FN3O. The third kappa shape index (κ3) is 3.52. The van der Waals surface area contributed by atoms with Crippen LogP contribution in [0.25, 0.3) is 0 Å². The van der Waals surface area contributed by atoms with Gasteiger partial charge < -0.3 is 9.88 Å². The Balaban J connectivity index is 1.42. The molecule has 5 heteroatoms. The van der Waals surface area contributed by atoms with Gasteiger partial charge in [0.1, 0.15) is 17.3 Å². The summed E-state index contributed by atoms with van der Waals surface area (Å²) in [5.41, 5.74) is 2.62. The number of aromatic nitrogens is 2. The number of nitrogens with zero attached hydrogens (tertiary/aromatic N) is 2. The summed E-state index contributed by atoms with van der Waals surface area (Å²) in [4.78, 5) is 16.9. The lowest BCUT2D eigenvalue weighted by molar-refractivity contribution is 0.0946. The fourth-order valence-electron chi connectivity index (χ4n) is 3.43. The van der Waals surface area contributed by atoms with Gasteiger partial charge in [-0.3, -0.25) is 4.79 Å². The van der Waals surface area contributed by atoms with Crippen LogP contribution in [-0.4, -0.2) is 15.5 Å². The van der Waals surface area contributed by atoms with Gasteiger partial charge >= 0.3 is 0 Å². The van der Waals surface area contributed by atoms with E-state index in [1.165, 1.54) is 17.7 Å². The molecule has 1 amide bonds. The normalized spacial score (nSPS) is 16.1. The zero-order valence-corrected chi connectivity index (χ0v) is 14.4. The van der Waals surface area contributed by atoms with Gasteiger partial charge in [0.2, 0.25) is 0 Å². The Morgan fingerprint density at radius 2 is 1.92 bits per heavy atom. The maximum atomic E-state index is 12.9. The first-order chi connectivity index (χ1) is 12.7. The molecule has 2 heterocycles. The topological polar surface area (TPSA) is 46.9 Å². The van der Waals surface area contributed by atoms with Crippen molar-refractivity contribution in [1.29, 1.82) is 0 Å². The monoisotopic (exact) mass is 349 g/mol. The first-order valence-corrected chi connectivity index (χ1v) is 8.82. The quantitative estimate of drug-likeness (QED) is 0.781. The van der Waals surface area contributed by atoms with Crippen LogP contribution in [0.1, 0.15) is 39.8 Å². The first kappa shape index (κ1) is 16.5. The molecule has 0 radical (unpaired) electrons. The molecule has 2 aromatic carbocycles. The van der Waals surface area contributed by atoms with E-state index in [2.05, 4.69) is 39.1 Å². The summed E-state index contributed by atoms with van der Waals surface area (Å²) in [6, 6.07) is 16.6. The summed E-state index contributed by atoms with van der Waals surface area (Å²) in [6.07, 6.45) is 3.74. The van der Waals surface area contributed by atoms with Crippen molar-refractivity contribution < 1.29 is 9.18 Å². The second-order valence-corrected chi connectivity index (χ2v) is 6.65. The molecule has 1 aromatic heterocycles. The minimum atomic E-state index is -0.283. The fraction of sp³-hybridized carbons (Fsp3) is 0.238. The third-order valence-corrected chi connectivity index (χ3v) is 4.86. The number of hydrogen-bond acceptors (Lipinski definition) is 2. The minimum Gasteiger partial charge on any atom is -0.347 e. The van der Waals surface area contributed by atoms with Gasteiger partial charge in [-0.05, 0) is 29.7 Å². The first-order valence-electron chi connectivity index (χ1n) is 8.82. The van der Waals surface area contributed by atoms with E-state index in [0.717, 1.165) is 30.8 Å². The smallest absolute Gasteiger partial charge is 0.271 e. The Kier molecular flexibility index (Phi) is 4.52. The lowest BCUT2D eigenvalue weighted by atomic mass is 9.92. The maximum absolute atomic E-state index is 12.9. The molecule has 26 heavy (non-hydrogen) atoms. The summed E-state index contributed by atoms with van der Waals surface area (Å²) in [6.45, 7) is 1.20. The van der Waals surface area contributed by atoms with Gasteiger partial charge in [-0.1, -0.05) is 42.5 Å².